The molecule has 372 valence electrons. The van der Waals surface area contributed by atoms with Gasteiger partial charge < -0.3 is 18.9 Å². The first-order valence-corrected chi connectivity index (χ1v) is 26.5. The van der Waals surface area contributed by atoms with Crippen molar-refractivity contribution in [3.63, 3.8) is 0 Å². The van der Waals surface area contributed by atoms with E-state index in [2.05, 4.69) is 0 Å². The molecule has 0 aliphatic heterocycles. The molecule has 0 radical (unpaired) electrons. The van der Waals surface area contributed by atoms with Crippen LogP contribution in [0.3, 0.4) is 0 Å². The SMILES string of the molecule is CCOc1ccc(C2CCC(C3CCC3)CC2)c(F)c1F.CCOc1ccc(C2CCC(C3CCCC3)CC2)c(F)c1F.CCOc1ccc(OCC2CCC(C3CCCC3)CC2)c(F)c1F. The van der Waals surface area contributed by atoms with Gasteiger partial charge in [-0.1, -0.05) is 82.8 Å². The summed E-state index contributed by atoms with van der Waals surface area (Å²) in [4.78, 5) is 0. The second kappa shape index (κ2) is 25.3. The van der Waals surface area contributed by atoms with E-state index in [-0.39, 0.29) is 34.8 Å². The molecule has 67 heavy (non-hydrogen) atoms. The molecule has 0 bridgehead atoms. The smallest absolute Gasteiger partial charge is 0.204 e. The van der Waals surface area contributed by atoms with Crippen LogP contribution in [0.15, 0.2) is 36.4 Å². The molecular weight excluding hydrogens is 863 g/mol. The second-order valence-electron chi connectivity index (χ2n) is 20.6. The monoisotopic (exact) mass is 941 g/mol. The van der Waals surface area contributed by atoms with Gasteiger partial charge >= 0.3 is 0 Å². The molecule has 0 aromatic heterocycles. The van der Waals surface area contributed by atoms with Gasteiger partial charge in [0.25, 0.3) is 0 Å². The van der Waals surface area contributed by atoms with Gasteiger partial charge in [0.15, 0.2) is 34.6 Å². The minimum atomic E-state index is -0.959. The number of hydrogen-bond donors (Lipinski definition) is 0. The molecule has 6 aliphatic carbocycles. The Morgan fingerprint density at radius 2 is 0.612 bits per heavy atom. The summed E-state index contributed by atoms with van der Waals surface area (Å²) in [7, 11) is 0. The number of benzene rings is 3. The predicted octanol–water partition coefficient (Wildman–Crippen LogP) is 17.0. The van der Waals surface area contributed by atoms with Crippen molar-refractivity contribution in [1.82, 2.24) is 0 Å². The summed E-state index contributed by atoms with van der Waals surface area (Å²) >= 11 is 0. The molecule has 6 saturated carbocycles. The molecule has 4 nitrogen and oxygen atoms in total. The second-order valence-corrected chi connectivity index (χ2v) is 20.6. The van der Waals surface area contributed by atoms with Crippen molar-refractivity contribution in [3.05, 3.63) is 82.4 Å². The van der Waals surface area contributed by atoms with E-state index >= 15 is 0 Å². The highest BCUT2D eigenvalue weighted by molar-refractivity contribution is 5.36. The number of hydrogen-bond acceptors (Lipinski definition) is 4. The average molecular weight is 941 g/mol. The Bertz CT molecular complexity index is 1970. The van der Waals surface area contributed by atoms with E-state index < -0.39 is 34.9 Å². The van der Waals surface area contributed by atoms with E-state index in [1.54, 1.807) is 45.0 Å². The Balaban J connectivity index is 0.000000149. The first-order chi connectivity index (χ1) is 32.6. The third-order valence-electron chi connectivity index (χ3n) is 16.8. The van der Waals surface area contributed by atoms with Crippen LogP contribution < -0.4 is 18.9 Å². The first-order valence-electron chi connectivity index (χ1n) is 26.5. The van der Waals surface area contributed by atoms with Crippen LogP contribution in [-0.2, 0) is 0 Å². The van der Waals surface area contributed by atoms with Crippen LogP contribution in [0.5, 0.6) is 23.0 Å². The van der Waals surface area contributed by atoms with Crippen molar-refractivity contribution in [3.8, 4) is 23.0 Å². The highest BCUT2D eigenvalue weighted by Gasteiger charge is 2.34. The molecule has 0 unspecified atom stereocenters. The maximum absolute atomic E-state index is 14.3. The lowest BCUT2D eigenvalue weighted by Gasteiger charge is -2.38. The van der Waals surface area contributed by atoms with Crippen molar-refractivity contribution in [2.45, 2.75) is 180 Å². The lowest BCUT2D eigenvalue weighted by molar-refractivity contribution is 0.151. The van der Waals surface area contributed by atoms with Crippen LogP contribution >= 0.6 is 0 Å². The zero-order valence-electron chi connectivity index (χ0n) is 40.7. The molecule has 0 saturated heterocycles. The van der Waals surface area contributed by atoms with E-state index in [9.17, 15) is 26.3 Å². The van der Waals surface area contributed by atoms with Gasteiger partial charge in [0.1, 0.15) is 0 Å². The van der Waals surface area contributed by atoms with Gasteiger partial charge in [0.2, 0.25) is 23.3 Å². The van der Waals surface area contributed by atoms with Crippen LogP contribution in [0.4, 0.5) is 26.3 Å². The van der Waals surface area contributed by atoms with Crippen molar-refractivity contribution < 1.29 is 45.3 Å². The predicted molar refractivity (Wildman–Crippen MR) is 254 cm³/mol. The maximum Gasteiger partial charge on any atom is 0.204 e. The topological polar surface area (TPSA) is 36.9 Å². The fourth-order valence-electron chi connectivity index (χ4n) is 12.8. The summed E-state index contributed by atoms with van der Waals surface area (Å²) in [5, 5.41) is 0. The average Bonchev–Trinajstić information content (AvgIpc) is 4.09. The van der Waals surface area contributed by atoms with E-state index in [0.717, 1.165) is 74.0 Å². The Labute approximate surface area is 397 Å². The van der Waals surface area contributed by atoms with Gasteiger partial charge in [-0.3, -0.25) is 0 Å². The molecule has 0 heterocycles. The van der Waals surface area contributed by atoms with Crippen LogP contribution in [0.1, 0.15) is 191 Å². The third-order valence-corrected chi connectivity index (χ3v) is 16.8. The zero-order chi connectivity index (χ0) is 47.3. The van der Waals surface area contributed by atoms with E-state index in [1.807, 2.05) is 0 Å². The molecule has 3 aromatic rings. The van der Waals surface area contributed by atoms with E-state index in [0.29, 0.717) is 43.5 Å². The van der Waals surface area contributed by atoms with Gasteiger partial charge in [-0.15, -0.1) is 0 Å². The summed E-state index contributed by atoms with van der Waals surface area (Å²) < 4.78 is 105. The highest BCUT2D eigenvalue weighted by Crippen LogP contribution is 2.47. The lowest BCUT2D eigenvalue weighted by Crippen LogP contribution is -2.26. The molecule has 9 rings (SSSR count). The molecule has 0 atom stereocenters. The molecular formula is C57H78F6O4. The van der Waals surface area contributed by atoms with Crippen molar-refractivity contribution in [2.75, 3.05) is 26.4 Å². The van der Waals surface area contributed by atoms with Crippen LogP contribution in [-0.4, -0.2) is 26.4 Å². The minimum absolute atomic E-state index is 0.00568. The fourth-order valence-corrected chi connectivity index (χ4v) is 12.8. The van der Waals surface area contributed by atoms with Crippen molar-refractivity contribution >= 4 is 0 Å². The Morgan fingerprint density at radius 1 is 0.328 bits per heavy atom. The Hall–Kier alpha value is -3.56. The van der Waals surface area contributed by atoms with Gasteiger partial charge in [-0.05, 0) is 186 Å². The Kier molecular flexibility index (Phi) is 19.4. The first kappa shape index (κ1) is 51.3. The summed E-state index contributed by atoms with van der Waals surface area (Å²) in [6.07, 6.45) is 28.7. The quantitative estimate of drug-likeness (QED) is 0.151. The van der Waals surface area contributed by atoms with Crippen LogP contribution in [0, 0.1) is 76.3 Å². The summed E-state index contributed by atoms with van der Waals surface area (Å²) in [5.74, 6) is 1.10. The summed E-state index contributed by atoms with van der Waals surface area (Å²) in [6.45, 7) is 6.76. The molecule has 3 aromatic carbocycles. The van der Waals surface area contributed by atoms with Crippen LogP contribution in [0.25, 0.3) is 0 Å². The van der Waals surface area contributed by atoms with Crippen molar-refractivity contribution in [1.29, 1.82) is 0 Å². The fraction of sp³-hybridized carbons (Fsp3) is 0.684. The van der Waals surface area contributed by atoms with Gasteiger partial charge in [-0.2, -0.15) is 17.6 Å². The summed E-state index contributed by atoms with van der Waals surface area (Å²) in [5.41, 5.74) is 1.09. The largest absolute Gasteiger partial charge is 0.491 e. The van der Waals surface area contributed by atoms with Gasteiger partial charge in [0.05, 0.1) is 26.4 Å². The van der Waals surface area contributed by atoms with Crippen LogP contribution in [0.2, 0.25) is 0 Å². The third kappa shape index (κ3) is 13.2. The Morgan fingerprint density at radius 3 is 0.940 bits per heavy atom. The van der Waals surface area contributed by atoms with Gasteiger partial charge in [0, 0.05) is 0 Å². The molecule has 0 amide bonds. The highest BCUT2D eigenvalue weighted by atomic mass is 19.2. The van der Waals surface area contributed by atoms with E-state index in [4.69, 9.17) is 18.9 Å². The normalized spacial score (nSPS) is 25.9. The summed E-state index contributed by atoms with van der Waals surface area (Å²) in [6, 6.07) is 9.51. The number of ether oxygens (including phenoxy) is 4. The van der Waals surface area contributed by atoms with E-state index in [1.165, 1.54) is 121 Å². The molecule has 0 spiro atoms. The molecule has 10 heteroatoms. The zero-order valence-corrected chi connectivity index (χ0v) is 40.7. The minimum Gasteiger partial charge on any atom is -0.491 e. The number of halogens is 6. The molecule has 0 N–H and O–H groups in total. The van der Waals surface area contributed by atoms with Crippen molar-refractivity contribution in [2.24, 2.45) is 41.4 Å². The van der Waals surface area contributed by atoms with Gasteiger partial charge in [-0.25, -0.2) is 8.78 Å². The number of rotatable bonds is 14. The maximum atomic E-state index is 14.3. The lowest BCUT2D eigenvalue weighted by atomic mass is 9.67. The molecule has 6 fully saturated rings. The standard InChI is InChI=1S/C20H28F2O2.C19H26F2O.C18H24F2O/c1-2-23-17-11-12-18(20(22)19(17)21)24-13-14-7-9-16(10-8-14)15-5-3-4-6-15;1-2-22-17-12-11-16(18(20)19(17)21)15-9-7-14(8-10-15)13-5-3-4-6-13;1-2-21-16-11-10-15(17(19)18(16)20)14-8-6-13(7-9-14)12-4-3-5-12/h11-12,14-16H,2-10,13H2,1H3;11-15H,2-10H2,1H3;10-14H,2-9H2,1H3. The molecule has 6 aliphatic rings.